The fourth-order valence-corrected chi connectivity index (χ4v) is 7.90. The molecule has 1 saturated heterocycles. The van der Waals surface area contributed by atoms with Crippen LogP contribution in [0, 0.1) is 29.1 Å². The Bertz CT molecular complexity index is 803. The first-order valence-electron chi connectivity index (χ1n) is 11.9. The van der Waals surface area contributed by atoms with Gasteiger partial charge in [-0.15, -0.1) is 0 Å². The molecule has 172 valence electrons. The van der Waals surface area contributed by atoms with E-state index < -0.39 is 28.8 Å². The highest BCUT2D eigenvalue weighted by Crippen LogP contribution is 2.63. The van der Waals surface area contributed by atoms with Crippen molar-refractivity contribution in [2.24, 2.45) is 29.1 Å². The first-order chi connectivity index (χ1) is 14.4. The summed E-state index contributed by atoms with van der Waals surface area (Å²) in [6, 6.07) is -1.14. The van der Waals surface area contributed by atoms with Gasteiger partial charge in [0.2, 0.25) is 5.91 Å². The molecule has 6 rings (SSSR count). The second kappa shape index (κ2) is 6.69. The highest BCUT2D eigenvalue weighted by atomic mass is 16.6. The molecule has 7 nitrogen and oxygen atoms in total. The monoisotopic (exact) mass is 432 g/mol. The number of hydrogen-bond donors (Lipinski definition) is 2. The number of ketones is 1. The maximum atomic E-state index is 14.0. The summed E-state index contributed by atoms with van der Waals surface area (Å²) in [7, 11) is 0. The van der Waals surface area contributed by atoms with Crippen molar-refractivity contribution in [3.05, 3.63) is 0 Å². The third kappa shape index (κ3) is 3.66. The molecule has 6 fully saturated rings. The van der Waals surface area contributed by atoms with Crippen molar-refractivity contribution < 1.29 is 24.2 Å². The highest BCUT2D eigenvalue weighted by Gasteiger charge is 2.64. The predicted molar refractivity (Wildman–Crippen MR) is 113 cm³/mol. The van der Waals surface area contributed by atoms with Gasteiger partial charge in [0.05, 0.1) is 11.6 Å². The van der Waals surface area contributed by atoms with Crippen LogP contribution in [0.5, 0.6) is 0 Å². The summed E-state index contributed by atoms with van der Waals surface area (Å²) in [5, 5.41) is 14.2. The van der Waals surface area contributed by atoms with Crippen LogP contribution in [-0.4, -0.2) is 57.6 Å². The Morgan fingerprint density at radius 1 is 1.10 bits per heavy atom. The van der Waals surface area contributed by atoms with Crippen LogP contribution in [0.2, 0.25) is 0 Å². The van der Waals surface area contributed by atoms with Crippen molar-refractivity contribution in [1.29, 1.82) is 0 Å². The van der Waals surface area contributed by atoms with Crippen LogP contribution >= 0.6 is 0 Å². The lowest BCUT2D eigenvalue weighted by Gasteiger charge is -2.62. The maximum Gasteiger partial charge on any atom is 0.408 e. The molecule has 6 unspecified atom stereocenters. The molecule has 0 aromatic carbocycles. The number of Topliss-reactive ketones (excluding diaryl/α,β-unsaturated/α-hetero) is 1. The second-order valence-corrected chi connectivity index (χ2v) is 12.3. The van der Waals surface area contributed by atoms with Crippen LogP contribution in [0.15, 0.2) is 0 Å². The molecule has 0 aromatic heterocycles. The van der Waals surface area contributed by atoms with Gasteiger partial charge < -0.3 is 20.1 Å². The van der Waals surface area contributed by atoms with Crippen molar-refractivity contribution in [3.63, 3.8) is 0 Å². The number of nitrogens with zero attached hydrogens (tertiary/aromatic N) is 1. The number of aliphatic hydroxyl groups is 1. The van der Waals surface area contributed by atoms with Crippen molar-refractivity contribution in [3.8, 4) is 0 Å². The van der Waals surface area contributed by atoms with Crippen molar-refractivity contribution >= 4 is 17.8 Å². The molecular formula is C24H36N2O5. The number of piperidine rings is 1. The Labute approximate surface area is 184 Å². The zero-order valence-electron chi connectivity index (χ0n) is 19.1. The number of amides is 2. The predicted octanol–water partition coefficient (Wildman–Crippen LogP) is 2.65. The number of fused-ring (bicyclic) bond motifs is 1. The number of alkyl carbamates (subject to hydrolysis) is 1. The number of carbonyl (C=O) groups excluding carboxylic acids is 3. The van der Waals surface area contributed by atoms with E-state index in [2.05, 4.69) is 5.32 Å². The van der Waals surface area contributed by atoms with Crippen molar-refractivity contribution in [2.75, 3.05) is 6.54 Å². The fraction of sp³-hybridized carbons (Fsp3) is 0.875. The molecule has 31 heavy (non-hydrogen) atoms. The zero-order valence-corrected chi connectivity index (χ0v) is 19.1. The molecule has 1 aliphatic heterocycles. The summed E-state index contributed by atoms with van der Waals surface area (Å²) >= 11 is 0. The van der Waals surface area contributed by atoms with Gasteiger partial charge in [-0.2, -0.15) is 0 Å². The van der Waals surface area contributed by atoms with E-state index in [1.807, 2.05) is 0 Å². The van der Waals surface area contributed by atoms with E-state index in [1.54, 1.807) is 32.6 Å². The van der Waals surface area contributed by atoms with E-state index in [-0.39, 0.29) is 23.7 Å². The molecule has 0 spiro atoms. The topological polar surface area (TPSA) is 95.9 Å². The highest BCUT2D eigenvalue weighted by molar-refractivity contribution is 5.93. The number of ether oxygens (including phenoxy) is 1. The minimum absolute atomic E-state index is 0.0264. The largest absolute Gasteiger partial charge is 0.444 e. The van der Waals surface area contributed by atoms with Gasteiger partial charge in [0.25, 0.3) is 0 Å². The standard InChI is InChI=1S/C24H36N2O5/c1-13(27)18-17-6-16(17)11-26(18)20(28)19(25-21(29)31-22(2,3)4)23-7-14-5-15(8-23)10-24(30,9-14)12-23/h14-19,30H,5-12H2,1-4H3,(H,25,29). The van der Waals surface area contributed by atoms with E-state index in [4.69, 9.17) is 4.74 Å². The Morgan fingerprint density at radius 2 is 1.74 bits per heavy atom. The Kier molecular flexibility index (Phi) is 4.58. The molecule has 7 heteroatoms. The Morgan fingerprint density at radius 3 is 2.29 bits per heavy atom. The van der Waals surface area contributed by atoms with Gasteiger partial charge >= 0.3 is 6.09 Å². The molecule has 0 radical (unpaired) electrons. The number of rotatable bonds is 4. The van der Waals surface area contributed by atoms with Gasteiger partial charge in [0.1, 0.15) is 11.6 Å². The molecule has 5 aliphatic carbocycles. The number of hydrogen-bond acceptors (Lipinski definition) is 5. The van der Waals surface area contributed by atoms with Crippen LogP contribution in [0.1, 0.15) is 72.6 Å². The molecule has 4 bridgehead atoms. The summed E-state index contributed by atoms with van der Waals surface area (Å²) < 4.78 is 5.52. The Hall–Kier alpha value is -1.63. The minimum atomic E-state index is -0.765. The quantitative estimate of drug-likeness (QED) is 0.712. The van der Waals surface area contributed by atoms with Gasteiger partial charge in [-0.3, -0.25) is 9.59 Å². The van der Waals surface area contributed by atoms with Crippen LogP contribution in [0.4, 0.5) is 4.79 Å². The van der Waals surface area contributed by atoms with Gasteiger partial charge in [0.15, 0.2) is 5.78 Å². The second-order valence-electron chi connectivity index (χ2n) is 12.3. The third-order valence-corrected chi connectivity index (χ3v) is 8.45. The minimum Gasteiger partial charge on any atom is -0.444 e. The lowest BCUT2D eigenvalue weighted by Crippen LogP contribution is -2.67. The van der Waals surface area contributed by atoms with Gasteiger partial charge in [-0.05, 0) is 96.3 Å². The number of carbonyl (C=O) groups is 3. The molecule has 6 atom stereocenters. The molecule has 0 aromatic rings. The Balaban J connectivity index is 1.46. The van der Waals surface area contributed by atoms with Crippen molar-refractivity contribution in [2.45, 2.75) is 95.9 Å². The molecule has 2 amide bonds. The first kappa shape index (κ1) is 21.2. The summed E-state index contributed by atoms with van der Waals surface area (Å²) in [4.78, 5) is 40.9. The van der Waals surface area contributed by atoms with E-state index in [1.165, 1.54) is 0 Å². The lowest BCUT2D eigenvalue weighted by molar-refractivity contribution is -0.180. The van der Waals surface area contributed by atoms with Crippen LogP contribution in [0.3, 0.4) is 0 Å². The fourth-order valence-electron chi connectivity index (χ4n) is 7.90. The lowest BCUT2D eigenvalue weighted by atomic mass is 9.46. The number of nitrogens with one attached hydrogen (secondary N) is 1. The molecule has 5 saturated carbocycles. The third-order valence-electron chi connectivity index (χ3n) is 8.45. The average Bonchev–Trinajstić information content (AvgIpc) is 3.24. The van der Waals surface area contributed by atoms with E-state index in [0.29, 0.717) is 30.7 Å². The smallest absolute Gasteiger partial charge is 0.408 e. The summed E-state index contributed by atoms with van der Waals surface area (Å²) in [5.41, 5.74) is -1.89. The zero-order chi connectivity index (χ0) is 22.3. The van der Waals surface area contributed by atoms with Crippen LogP contribution in [-0.2, 0) is 14.3 Å². The van der Waals surface area contributed by atoms with Gasteiger partial charge in [0, 0.05) is 12.0 Å². The summed E-state index contributed by atoms with van der Waals surface area (Å²) in [6.45, 7) is 7.56. The normalized spacial score (nSPS) is 43.4. The average molecular weight is 433 g/mol. The van der Waals surface area contributed by atoms with E-state index in [9.17, 15) is 19.5 Å². The summed E-state index contributed by atoms with van der Waals surface area (Å²) in [6.07, 6.45) is 5.30. The van der Waals surface area contributed by atoms with E-state index >= 15 is 0 Å². The molecular weight excluding hydrogens is 396 g/mol. The van der Waals surface area contributed by atoms with Crippen LogP contribution in [0.25, 0.3) is 0 Å². The van der Waals surface area contributed by atoms with Crippen molar-refractivity contribution in [1.82, 2.24) is 10.2 Å². The van der Waals surface area contributed by atoms with E-state index in [0.717, 1.165) is 38.5 Å². The summed E-state index contributed by atoms with van der Waals surface area (Å²) in [5.74, 6) is 1.31. The molecule has 6 aliphatic rings. The maximum absolute atomic E-state index is 14.0. The SMILES string of the molecule is CC(=O)C1C2CC2CN1C(=O)C(NC(=O)OC(C)(C)C)C12CC3CC(CC(O)(C3)C1)C2. The number of likely N-dealkylation sites (tertiary alicyclic amines) is 1. The molecule has 1 heterocycles. The van der Waals surface area contributed by atoms with Crippen LogP contribution < -0.4 is 5.32 Å². The van der Waals surface area contributed by atoms with Gasteiger partial charge in [-0.25, -0.2) is 4.79 Å². The van der Waals surface area contributed by atoms with Gasteiger partial charge in [-0.1, -0.05) is 0 Å². The first-order valence-corrected chi connectivity index (χ1v) is 11.9. The molecule has 2 N–H and O–H groups in total.